The van der Waals surface area contributed by atoms with E-state index in [0.29, 0.717) is 0 Å². The van der Waals surface area contributed by atoms with Crippen molar-refractivity contribution in [2.45, 2.75) is 13.8 Å². The zero-order valence-corrected chi connectivity index (χ0v) is 9.60. The number of aromatic amines is 1. The Morgan fingerprint density at radius 1 is 1.18 bits per heavy atom. The lowest BCUT2D eigenvalue weighted by Crippen LogP contribution is -1.94. The van der Waals surface area contributed by atoms with E-state index < -0.39 is 0 Å². The van der Waals surface area contributed by atoms with E-state index in [4.69, 9.17) is 0 Å². The van der Waals surface area contributed by atoms with Gasteiger partial charge in [0.1, 0.15) is 5.82 Å². The van der Waals surface area contributed by atoms with Crippen molar-refractivity contribution in [3.05, 3.63) is 35.9 Å². The van der Waals surface area contributed by atoms with Crippen LogP contribution in [-0.2, 0) is 0 Å². The summed E-state index contributed by atoms with van der Waals surface area (Å²) < 4.78 is 0. The number of nitrogens with one attached hydrogen (secondary N) is 1. The molecule has 3 aromatic rings. The van der Waals surface area contributed by atoms with Gasteiger partial charge in [-0.1, -0.05) is 0 Å². The Kier molecular flexibility index (Phi) is 2.11. The Hall–Kier alpha value is -2.30. The number of rotatable bonds is 1. The molecule has 0 aliphatic carbocycles. The van der Waals surface area contributed by atoms with Gasteiger partial charge in [-0.15, -0.1) is 0 Å². The molecule has 3 rings (SSSR count). The van der Waals surface area contributed by atoms with Crippen LogP contribution in [0.15, 0.2) is 24.5 Å². The second-order valence-electron chi connectivity index (χ2n) is 3.96. The Morgan fingerprint density at radius 2 is 2.06 bits per heavy atom. The van der Waals surface area contributed by atoms with Gasteiger partial charge in [0.15, 0.2) is 0 Å². The van der Waals surface area contributed by atoms with Crippen LogP contribution in [0.25, 0.3) is 22.4 Å². The van der Waals surface area contributed by atoms with Gasteiger partial charge in [-0.2, -0.15) is 10.2 Å². The van der Waals surface area contributed by atoms with Gasteiger partial charge in [-0.05, 0) is 26.0 Å². The van der Waals surface area contributed by atoms with E-state index in [2.05, 4.69) is 25.1 Å². The fourth-order valence-electron chi connectivity index (χ4n) is 1.77. The van der Waals surface area contributed by atoms with Gasteiger partial charge in [0.05, 0.1) is 28.6 Å². The van der Waals surface area contributed by atoms with Crippen LogP contribution in [0.2, 0.25) is 0 Å². The highest BCUT2D eigenvalue weighted by Crippen LogP contribution is 2.21. The standard InChI is InChI=1S/C12H11N5/c1-7-5-9(8(2)17-16-7)12-14-10-3-4-13-6-11(10)15-12/h3-6H,1-2H3,(H,14,15). The first kappa shape index (κ1) is 9.89. The van der Waals surface area contributed by atoms with E-state index >= 15 is 0 Å². The van der Waals surface area contributed by atoms with Crippen molar-refractivity contribution in [1.82, 2.24) is 25.1 Å². The SMILES string of the molecule is Cc1cc(-c2nc3ccncc3[nH]2)c(C)nn1. The highest BCUT2D eigenvalue weighted by Gasteiger charge is 2.09. The van der Waals surface area contributed by atoms with Gasteiger partial charge in [0.2, 0.25) is 0 Å². The number of nitrogens with zero attached hydrogens (tertiary/aromatic N) is 4. The molecule has 5 heteroatoms. The van der Waals surface area contributed by atoms with Crippen LogP contribution in [0.3, 0.4) is 0 Å². The predicted octanol–water partition coefficient (Wildman–Crippen LogP) is 2.03. The maximum Gasteiger partial charge on any atom is 0.140 e. The van der Waals surface area contributed by atoms with Crippen molar-refractivity contribution in [3.8, 4) is 11.4 Å². The van der Waals surface area contributed by atoms with E-state index in [1.807, 2.05) is 26.0 Å². The number of H-pyrrole nitrogens is 1. The molecule has 0 unspecified atom stereocenters. The van der Waals surface area contributed by atoms with E-state index in [1.165, 1.54) is 0 Å². The predicted molar refractivity (Wildman–Crippen MR) is 64.4 cm³/mol. The summed E-state index contributed by atoms with van der Waals surface area (Å²) >= 11 is 0. The first-order valence-corrected chi connectivity index (χ1v) is 5.35. The Morgan fingerprint density at radius 3 is 2.88 bits per heavy atom. The minimum Gasteiger partial charge on any atom is -0.337 e. The lowest BCUT2D eigenvalue weighted by atomic mass is 10.2. The molecule has 0 fully saturated rings. The molecule has 84 valence electrons. The van der Waals surface area contributed by atoms with Crippen molar-refractivity contribution in [2.24, 2.45) is 0 Å². The van der Waals surface area contributed by atoms with E-state index in [-0.39, 0.29) is 0 Å². The molecule has 0 saturated heterocycles. The summed E-state index contributed by atoms with van der Waals surface area (Å²) in [6.07, 6.45) is 3.50. The zero-order chi connectivity index (χ0) is 11.8. The summed E-state index contributed by atoms with van der Waals surface area (Å²) in [4.78, 5) is 11.8. The molecule has 0 spiro atoms. The molecule has 17 heavy (non-hydrogen) atoms. The van der Waals surface area contributed by atoms with Crippen LogP contribution in [0.1, 0.15) is 11.4 Å². The van der Waals surface area contributed by atoms with Crippen molar-refractivity contribution in [3.63, 3.8) is 0 Å². The minimum atomic E-state index is 0.809. The first-order chi connectivity index (χ1) is 8.24. The molecule has 0 saturated carbocycles. The monoisotopic (exact) mass is 225 g/mol. The molecule has 0 aliphatic heterocycles. The summed E-state index contributed by atoms with van der Waals surface area (Å²) in [5.74, 6) is 0.809. The molecule has 5 nitrogen and oxygen atoms in total. The van der Waals surface area contributed by atoms with Gasteiger partial charge < -0.3 is 4.98 Å². The summed E-state index contributed by atoms with van der Waals surface area (Å²) in [6.45, 7) is 3.84. The highest BCUT2D eigenvalue weighted by molar-refractivity contribution is 5.78. The van der Waals surface area contributed by atoms with E-state index in [9.17, 15) is 0 Å². The highest BCUT2D eigenvalue weighted by atomic mass is 15.1. The molecule has 0 aliphatic rings. The number of imidazole rings is 1. The average molecular weight is 225 g/mol. The van der Waals surface area contributed by atoms with Crippen molar-refractivity contribution in [2.75, 3.05) is 0 Å². The van der Waals surface area contributed by atoms with E-state index in [0.717, 1.165) is 33.8 Å². The minimum absolute atomic E-state index is 0.809. The van der Waals surface area contributed by atoms with Crippen molar-refractivity contribution >= 4 is 11.0 Å². The van der Waals surface area contributed by atoms with Crippen molar-refractivity contribution in [1.29, 1.82) is 0 Å². The lowest BCUT2D eigenvalue weighted by Gasteiger charge is -2.01. The Labute approximate surface area is 98.0 Å². The van der Waals surface area contributed by atoms with Gasteiger partial charge in [0, 0.05) is 11.8 Å². The van der Waals surface area contributed by atoms with Crippen LogP contribution in [0, 0.1) is 13.8 Å². The molecule has 0 bridgehead atoms. The normalized spacial score (nSPS) is 10.9. The number of aryl methyl sites for hydroxylation is 2. The fraction of sp³-hybridized carbons (Fsp3) is 0.167. The molecular weight excluding hydrogens is 214 g/mol. The summed E-state index contributed by atoms with van der Waals surface area (Å²) in [6, 6.07) is 3.86. The topological polar surface area (TPSA) is 67.3 Å². The fourth-order valence-corrected chi connectivity index (χ4v) is 1.77. The first-order valence-electron chi connectivity index (χ1n) is 5.35. The average Bonchev–Trinajstić information content (AvgIpc) is 2.75. The summed E-state index contributed by atoms with van der Waals surface area (Å²) in [5.41, 5.74) is 4.56. The molecule has 0 aromatic carbocycles. The number of aromatic nitrogens is 5. The molecule has 3 heterocycles. The van der Waals surface area contributed by atoms with Crippen LogP contribution in [0.5, 0.6) is 0 Å². The van der Waals surface area contributed by atoms with Gasteiger partial charge in [-0.3, -0.25) is 4.98 Å². The zero-order valence-electron chi connectivity index (χ0n) is 9.60. The Bertz CT molecular complexity index is 653. The Balaban J connectivity index is 2.23. The van der Waals surface area contributed by atoms with Gasteiger partial charge >= 0.3 is 0 Å². The number of fused-ring (bicyclic) bond motifs is 1. The summed E-state index contributed by atoms with van der Waals surface area (Å²) in [7, 11) is 0. The van der Waals surface area contributed by atoms with Crippen LogP contribution >= 0.6 is 0 Å². The van der Waals surface area contributed by atoms with Gasteiger partial charge in [-0.25, -0.2) is 4.98 Å². The summed E-state index contributed by atoms with van der Waals surface area (Å²) in [5, 5.41) is 8.11. The van der Waals surface area contributed by atoms with Crippen molar-refractivity contribution < 1.29 is 0 Å². The second kappa shape index (κ2) is 3.62. The number of hydrogen-bond acceptors (Lipinski definition) is 4. The molecule has 0 atom stereocenters. The third-order valence-electron chi connectivity index (χ3n) is 2.64. The molecule has 3 aromatic heterocycles. The lowest BCUT2D eigenvalue weighted by molar-refractivity contribution is 0.940. The molecule has 0 amide bonds. The van der Waals surface area contributed by atoms with Crippen LogP contribution < -0.4 is 0 Å². The third kappa shape index (κ3) is 1.65. The molecular formula is C12H11N5. The largest absolute Gasteiger partial charge is 0.337 e. The van der Waals surface area contributed by atoms with Crippen LogP contribution in [-0.4, -0.2) is 25.1 Å². The molecule has 0 radical (unpaired) electrons. The second-order valence-corrected chi connectivity index (χ2v) is 3.96. The van der Waals surface area contributed by atoms with Crippen LogP contribution in [0.4, 0.5) is 0 Å². The quantitative estimate of drug-likeness (QED) is 0.688. The van der Waals surface area contributed by atoms with Gasteiger partial charge in [0.25, 0.3) is 0 Å². The number of pyridine rings is 1. The maximum atomic E-state index is 4.52. The van der Waals surface area contributed by atoms with E-state index in [1.54, 1.807) is 12.4 Å². The number of hydrogen-bond donors (Lipinski definition) is 1. The maximum absolute atomic E-state index is 4.52. The smallest absolute Gasteiger partial charge is 0.140 e. The molecule has 1 N–H and O–H groups in total. The third-order valence-corrected chi connectivity index (χ3v) is 2.64.